The van der Waals surface area contributed by atoms with Gasteiger partial charge in [0.15, 0.2) is 5.82 Å². The van der Waals surface area contributed by atoms with Crippen molar-refractivity contribution in [1.29, 1.82) is 0 Å². The Hall–Kier alpha value is -2.64. The van der Waals surface area contributed by atoms with Gasteiger partial charge in [0, 0.05) is 43.4 Å². The summed E-state index contributed by atoms with van der Waals surface area (Å²) in [5.74, 6) is 2.91. The van der Waals surface area contributed by atoms with Gasteiger partial charge in [0.1, 0.15) is 5.82 Å². The van der Waals surface area contributed by atoms with Gasteiger partial charge in [0.05, 0.1) is 5.54 Å². The second-order valence-corrected chi connectivity index (χ2v) is 7.84. The van der Waals surface area contributed by atoms with E-state index < -0.39 is 0 Å². The highest BCUT2D eigenvalue weighted by Gasteiger charge is 2.50. The Morgan fingerprint density at radius 2 is 2.23 bits per heavy atom. The Bertz CT molecular complexity index is 846. The van der Waals surface area contributed by atoms with E-state index in [4.69, 9.17) is 0 Å². The molecule has 1 aliphatic heterocycles. The van der Waals surface area contributed by atoms with Crippen LogP contribution in [-0.2, 0) is 4.79 Å². The third-order valence-electron chi connectivity index (χ3n) is 5.71. The molecule has 1 amide bonds. The first kappa shape index (κ1) is 15.6. The molecule has 2 saturated carbocycles. The Morgan fingerprint density at radius 1 is 1.35 bits per heavy atom. The highest BCUT2D eigenvalue weighted by Crippen LogP contribution is 2.42. The van der Waals surface area contributed by atoms with Crippen molar-refractivity contribution in [2.75, 3.05) is 16.8 Å². The molecule has 0 radical (unpaired) electrons. The number of rotatable bonds is 5. The maximum atomic E-state index is 11.6. The quantitative estimate of drug-likeness (QED) is 0.761. The van der Waals surface area contributed by atoms with Gasteiger partial charge in [-0.3, -0.25) is 9.89 Å². The van der Waals surface area contributed by atoms with Crippen LogP contribution >= 0.6 is 0 Å². The first-order chi connectivity index (χ1) is 12.6. The van der Waals surface area contributed by atoms with Crippen molar-refractivity contribution in [2.24, 2.45) is 0 Å². The molecule has 136 valence electrons. The van der Waals surface area contributed by atoms with Crippen LogP contribution in [0.4, 0.5) is 17.6 Å². The largest absolute Gasteiger partial charge is 0.349 e. The number of H-pyrrole nitrogens is 1. The number of aromatic nitrogens is 4. The SMILES string of the molecule is CC(=O)NC12CCC(C1)N(c1nccc(Nc3cc(C4CC4)[nH]n3)n1)C2. The summed E-state index contributed by atoms with van der Waals surface area (Å²) < 4.78 is 0. The molecule has 2 bridgehead atoms. The molecule has 0 spiro atoms. The molecule has 5 rings (SSSR count). The van der Waals surface area contributed by atoms with Crippen molar-refractivity contribution in [3.05, 3.63) is 24.0 Å². The Morgan fingerprint density at radius 3 is 3.04 bits per heavy atom. The predicted molar refractivity (Wildman–Crippen MR) is 97.4 cm³/mol. The average molecular weight is 353 g/mol. The van der Waals surface area contributed by atoms with Crippen LogP contribution < -0.4 is 15.5 Å². The van der Waals surface area contributed by atoms with E-state index in [2.05, 4.69) is 41.8 Å². The van der Waals surface area contributed by atoms with Gasteiger partial charge < -0.3 is 15.5 Å². The van der Waals surface area contributed by atoms with Crippen LogP contribution in [-0.4, -0.2) is 44.2 Å². The van der Waals surface area contributed by atoms with Crippen LogP contribution in [0.5, 0.6) is 0 Å². The zero-order valence-electron chi connectivity index (χ0n) is 14.8. The summed E-state index contributed by atoms with van der Waals surface area (Å²) in [6.45, 7) is 2.36. The molecule has 26 heavy (non-hydrogen) atoms. The van der Waals surface area contributed by atoms with Crippen LogP contribution in [0.15, 0.2) is 18.3 Å². The third kappa shape index (κ3) is 2.79. The molecule has 8 nitrogen and oxygen atoms in total. The Labute approximate surface area is 151 Å². The Kier molecular flexibility index (Phi) is 3.41. The van der Waals surface area contributed by atoms with Crippen LogP contribution in [0.1, 0.15) is 50.6 Å². The first-order valence-corrected chi connectivity index (χ1v) is 9.31. The molecule has 3 fully saturated rings. The number of carbonyl (C=O) groups is 1. The Balaban J connectivity index is 1.33. The topological polar surface area (TPSA) is 98.8 Å². The number of hydrogen-bond donors (Lipinski definition) is 3. The van der Waals surface area contributed by atoms with Crippen molar-refractivity contribution in [1.82, 2.24) is 25.5 Å². The molecule has 8 heteroatoms. The molecule has 0 aromatic carbocycles. The van der Waals surface area contributed by atoms with Gasteiger partial charge in [-0.05, 0) is 38.2 Å². The molecule has 2 atom stereocenters. The average Bonchev–Trinajstić information content (AvgIpc) is 3.08. The van der Waals surface area contributed by atoms with Crippen molar-refractivity contribution in [2.45, 2.75) is 56.5 Å². The van der Waals surface area contributed by atoms with Gasteiger partial charge in [0.25, 0.3) is 0 Å². The minimum absolute atomic E-state index is 0.0360. The van der Waals surface area contributed by atoms with Gasteiger partial charge in [-0.2, -0.15) is 10.1 Å². The fourth-order valence-electron chi connectivity index (χ4n) is 4.42. The smallest absolute Gasteiger partial charge is 0.227 e. The minimum Gasteiger partial charge on any atom is -0.349 e. The lowest BCUT2D eigenvalue weighted by molar-refractivity contribution is -0.120. The fourth-order valence-corrected chi connectivity index (χ4v) is 4.42. The number of anilines is 3. The lowest BCUT2D eigenvalue weighted by Crippen LogP contribution is -2.50. The number of amides is 1. The van der Waals surface area contributed by atoms with E-state index in [0.717, 1.165) is 37.4 Å². The number of aromatic amines is 1. The maximum absolute atomic E-state index is 11.6. The van der Waals surface area contributed by atoms with E-state index >= 15 is 0 Å². The second-order valence-electron chi connectivity index (χ2n) is 7.84. The van der Waals surface area contributed by atoms with Crippen molar-refractivity contribution in [3.8, 4) is 0 Å². The fraction of sp³-hybridized carbons (Fsp3) is 0.556. The van der Waals surface area contributed by atoms with E-state index in [-0.39, 0.29) is 11.4 Å². The van der Waals surface area contributed by atoms with Crippen LogP contribution in [0.3, 0.4) is 0 Å². The monoisotopic (exact) mass is 353 g/mol. The van der Waals surface area contributed by atoms with E-state index in [1.54, 1.807) is 13.1 Å². The summed E-state index contributed by atoms with van der Waals surface area (Å²) in [4.78, 5) is 22.9. The number of piperidine rings is 1. The van der Waals surface area contributed by atoms with Gasteiger partial charge >= 0.3 is 0 Å². The lowest BCUT2D eigenvalue weighted by atomic mass is 9.99. The molecule has 2 unspecified atom stereocenters. The van der Waals surface area contributed by atoms with Crippen molar-refractivity contribution >= 4 is 23.5 Å². The third-order valence-corrected chi connectivity index (χ3v) is 5.71. The molecular formula is C18H23N7O. The zero-order chi connectivity index (χ0) is 17.7. The molecule has 3 aliphatic rings. The van der Waals surface area contributed by atoms with E-state index in [0.29, 0.717) is 17.9 Å². The van der Waals surface area contributed by atoms with Crippen molar-refractivity contribution < 1.29 is 4.79 Å². The van der Waals surface area contributed by atoms with Crippen LogP contribution in [0.2, 0.25) is 0 Å². The van der Waals surface area contributed by atoms with E-state index in [1.165, 1.54) is 18.5 Å². The summed E-state index contributed by atoms with van der Waals surface area (Å²) in [5.41, 5.74) is 1.07. The van der Waals surface area contributed by atoms with Crippen LogP contribution in [0.25, 0.3) is 0 Å². The van der Waals surface area contributed by atoms with Gasteiger partial charge in [-0.1, -0.05) is 0 Å². The second kappa shape index (κ2) is 5.69. The summed E-state index contributed by atoms with van der Waals surface area (Å²) in [5, 5.41) is 13.8. The van der Waals surface area contributed by atoms with Gasteiger partial charge in [0.2, 0.25) is 11.9 Å². The highest BCUT2D eigenvalue weighted by molar-refractivity contribution is 5.74. The molecule has 3 N–H and O–H groups in total. The standard InChI is InChI=1S/C18H23N7O/c1-11(26)22-18-6-4-13(9-18)25(10-18)17-19-7-5-15(21-17)20-16-8-14(23-24-16)12-2-3-12/h5,7-8,12-13H,2-4,6,9-10H2,1H3,(H,22,26)(H2,19,20,21,23,24). The number of nitrogens with one attached hydrogen (secondary N) is 3. The predicted octanol–water partition coefficient (Wildman–Crippen LogP) is 2.07. The zero-order valence-corrected chi connectivity index (χ0v) is 14.8. The van der Waals surface area contributed by atoms with E-state index in [9.17, 15) is 4.79 Å². The first-order valence-electron chi connectivity index (χ1n) is 9.31. The number of nitrogens with zero attached hydrogens (tertiary/aromatic N) is 4. The van der Waals surface area contributed by atoms with Crippen LogP contribution in [0, 0.1) is 0 Å². The lowest BCUT2D eigenvalue weighted by Gasteiger charge is -2.33. The minimum atomic E-state index is -0.120. The molecule has 3 heterocycles. The molecule has 2 aromatic heterocycles. The highest BCUT2D eigenvalue weighted by atomic mass is 16.1. The maximum Gasteiger partial charge on any atom is 0.227 e. The summed E-state index contributed by atoms with van der Waals surface area (Å²) in [6.07, 6.45) is 7.32. The number of hydrogen-bond acceptors (Lipinski definition) is 6. The normalized spacial score (nSPS) is 27.0. The number of fused-ring (bicyclic) bond motifs is 2. The molecule has 2 aromatic rings. The summed E-state index contributed by atoms with van der Waals surface area (Å²) >= 11 is 0. The molecular weight excluding hydrogens is 330 g/mol. The number of carbonyl (C=O) groups excluding carboxylic acids is 1. The molecule has 1 saturated heterocycles. The summed E-state index contributed by atoms with van der Waals surface area (Å²) in [7, 11) is 0. The summed E-state index contributed by atoms with van der Waals surface area (Å²) in [6, 6.07) is 4.31. The van der Waals surface area contributed by atoms with E-state index in [1.807, 2.05) is 6.07 Å². The molecule has 2 aliphatic carbocycles. The van der Waals surface area contributed by atoms with Crippen molar-refractivity contribution in [3.63, 3.8) is 0 Å². The van der Waals surface area contributed by atoms with Gasteiger partial charge in [-0.25, -0.2) is 4.98 Å². The van der Waals surface area contributed by atoms with Gasteiger partial charge in [-0.15, -0.1) is 0 Å².